The van der Waals surface area contributed by atoms with Crippen molar-refractivity contribution in [2.75, 3.05) is 19.6 Å². The van der Waals surface area contributed by atoms with Crippen molar-refractivity contribution in [1.82, 2.24) is 9.88 Å². The second-order valence-electron chi connectivity index (χ2n) is 5.58. The predicted octanol–water partition coefficient (Wildman–Crippen LogP) is 4.17. The van der Waals surface area contributed by atoms with Gasteiger partial charge in [-0.2, -0.15) is 0 Å². The summed E-state index contributed by atoms with van der Waals surface area (Å²) in [5.74, 6) is -1.53. The second kappa shape index (κ2) is 14.0. The molecule has 0 saturated heterocycles. The number of unbranched alkanes of at least 4 members (excludes halogenated alkanes) is 3. The number of hydrogen-bond donors (Lipinski definition) is 2. The summed E-state index contributed by atoms with van der Waals surface area (Å²) in [6.07, 6.45) is 9.40. The molecule has 0 bridgehead atoms. The van der Waals surface area contributed by atoms with Crippen molar-refractivity contribution in [2.24, 2.45) is 0 Å². The van der Waals surface area contributed by atoms with E-state index in [1.54, 1.807) is 0 Å². The number of hydrogen-bond acceptors (Lipinski definition) is 4. The monoisotopic (exact) mass is 324 g/mol. The topological polar surface area (TPSA) is 73.7 Å². The molecule has 2 N–H and O–H groups in total. The highest BCUT2D eigenvalue weighted by Crippen LogP contribution is 2.11. The molecule has 5 heteroatoms. The normalized spacial score (nSPS) is 10.3. The van der Waals surface area contributed by atoms with Gasteiger partial charge in [0.1, 0.15) is 5.75 Å². The molecule has 0 aromatic carbocycles. The molecule has 0 radical (unpaired) electrons. The number of rotatable bonds is 10. The van der Waals surface area contributed by atoms with Crippen molar-refractivity contribution in [1.29, 1.82) is 0 Å². The maximum Gasteiger partial charge on any atom is 0.358 e. The lowest BCUT2D eigenvalue weighted by molar-refractivity contribution is 0.0687. The van der Waals surface area contributed by atoms with E-state index in [4.69, 9.17) is 10.2 Å². The molecule has 23 heavy (non-hydrogen) atoms. The summed E-state index contributed by atoms with van der Waals surface area (Å²) in [7, 11) is 0. The van der Waals surface area contributed by atoms with Gasteiger partial charge in [0.05, 0.1) is 0 Å². The minimum atomic E-state index is -1.22. The van der Waals surface area contributed by atoms with Crippen LogP contribution in [0.4, 0.5) is 0 Å². The number of carboxylic acids is 1. The molecule has 0 saturated carbocycles. The summed E-state index contributed by atoms with van der Waals surface area (Å²) >= 11 is 0. The van der Waals surface area contributed by atoms with Crippen LogP contribution in [0.1, 0.15) is 69.8 Å². The Kier molecular flexibility index (Phi) is 13.0. The van der Waals surface area contributed by atoms with Crippen LogP contribution < -0.4 is 0 Å². The number of aromatic hydroxyl groups is 1. The lowest BCUT2D eigenvalue weighted by atomic mass is 10.2. The van der Waals surface area contributed by atoms with E-state index in [1.807, 2.05) is 0 Å². The summed E-state index contributed by atoms with van der Waals surface area (Å²) in [5, 5.41) is 17.2. The standard InChI is InChI=1S/C12H27N.C6H5NO3/c1-4-7-10-13(11-8-5-2)12-9-6-3;8-4-2-1-3-7-5(4)6(9)10/h4-12H2,1-3H3;1-3,8H,(H,9,10). The number of pyridine rings is 1. The molecule has 5 nitrogen and oxygen atoms in total. The minimum absolute atomic E-state index is 0.310. The highest BCUT2D eigenvalue weighted by Gasteiger charge is 2.08. The molecular formula is C18H32N2O3. The Labute approximate surface area is 140 Å². The molecule has 1 rings (SSSR count). The number of carbonyl (C=O) groups is 1. The Hall–Kier alpha value is -1.62. The Morgan fingerprint density at radius 1 is 1.04 bits per heavy atom. The molecule has 0 amide bonds. The molecule has 0 spiro atoms. The van der Waals surface area contributed by atoms with Crippen LogP contribution in [0.25, 0.3) is 0 Å². The molecule has 132 valence electrons. The third-order valence-electron chi connectivity index (χ3n) is 3.47. The number of nitrogens with zero attached hydrogens (tertiary/aromatic N) is 2. The van der Waals surface area contributed by atoms with Crippen LogP contribution in [-0.4, -0.2) is 45.7 Å². The molecule has 0 aliphatic rings. The lowest BCUT2D eigenvalue weighted by Crippen LogP contribution is -2.27. The van der Waals surface area contributed by atoms with E-state index in [-0.39, 0.29) is 11.4 Å². The van der Waals surface area contributed by atoms with Gasteiger partial charge < -0.3 is 15.1 Å². The zero-order chi connectivity index (χ0) is 17.5. The molecule has 0 atom stereocenters. The molecule has 0 aliphatic heterocycles. The van der Waals surface area contributed by atoms with Crippen molar-refractivity contribution in [3.05, 3.63) is 24.0 Å². The fourth-order valence-electron chi connectivity index (χ4n) is 2.04. The van der Waals surface area contributed by atoms with E-state index in [0.717, 1.165) is 0 Å². The van der Waals surface area contributed by atoms with Crippen LogP contribution >= 0.6 is 0 Å². The summed E-state index contributed by atoms with van der Waals surface area (Å²) in [6.45, 7) is 10.8. The van der Waals surface area contributed by atoms with Gasteiger partial charge in [-0.05, 0) is 51.0 Å². The van der Waals surface area contributed by atoms with E-state index in [1.165, 1.54) is 76.5 Å². The molecular weight excluding hydrogens is 292 g/mol. The van der Waals surface area contributed by atoms with Crippen LogP contribution in [0, 0.1) is 0 Å². The van der Waals surface area contributed by atoms with Gasteiger partial charge in [-0.3, -0.25) is 0 Å². The maximum atomic E-state index is 10.2. The lowest BCUT2D eigenvalue weighted by Gasteiger charge is -2.21. The first-order chi connectivity index (χ1) is 11.1. The minimum Gasteiger partial charge on any atom is -0.505 e. The van der Waals surface area contributed by atoms with Gasteiger partial charge in [-0.15, -0.1) is 0 Å². The molecule has 0 aliphatic carbocycles. The van der Waals surface area contributed by atoms with Gasteiger partial charge in [-0.25, -0.2) is 9.78 Å². The van der Waals surface area contributed by atoms with E-state index >= 15 is 0 Å². The Bertz CT molecular complexity index is 405. The van der Waals surface area contributed by atoms with Gasteiger partial charge in [0, 0.05) is 6.20 Å². The van der Waals surface area contributed by atoms with E-state index in [0.29, 0.717) is 0 Å². The average molecular weight is 324 g/mol. The van der Waals surface area contributed by atoms with Crippen LogP contribution in [0.5, 0.6) is 5.75 Å². The van der Waals surface area contributed by atoms with Crippen molar-refractivity contribution < 1.29 is 15.0 Å². The number of carboxylic acid groups (broad SMARTS) is 1. The Morgan fingerprint density at radius 3 is 1.83 bits per heavy atom. The van der Waals surface area contributed by atoms with E-state index < -0.39 is 5.97 Å². The quantitative estimate of drug-likeness (QED) is 0.675. The summed E-state index contributed by atoms with van der Waals surface area (Å²) in [4.78, 5) is 16.3. The van der Waals surface area contributed by atoms with Crippen molar-refractivity contribution in [2.45, 2.75) is 59.3 Å². The Morgan fingerprint density at radius 2 is 1.52 bits per heavy atom. The van der Waals surface area contributed by atoms with Gasteiger partial charge in [0.2, 0.25) is 0 Å². The fraction of sp³-hybridized carbons (Fsp3) is 0.667. The fourth-order valence-corrected chi connectivity index (χ4v) is 2.04. The second-order valence-corrected chi connectivity index (χ2v) is 5.58. The summed E-state index contributed by atoms with van der Waals surface area (Å²) in [5.41, 5.74) is -0.317. The maximum absolute atomic E-state index is 10.2. The average Bonchev–Trinajstić information content (AvgIpc) is 2.55. The van der Waals surface area contributed by atoms with Crippen molar-refractivity contribution in [3.63, 3.8) is 0 Å². The first-order valence-electron chi connectivity index (χ1n) is 8.66. The molecule has 0 fully saturated rings. The zero-order valence-electron chi connectivity index (χ0n) is 14.8. The smallest absolute Gasteiger partial charge is 0.358 e. The van der Waals surface area contributed by atoms with E-state index in [9.17, 15) is 4.79 Å². The van der Waals surface area contributed by atoms with Gasteiger partial charge in [0.25, 0.3) is 0 Å². The van der Waals surface area contributed by atoms with Crippen molar-refractivity contribution in [3.8, 4) is 5.75 Å². The first-order valence-corrected chi connectivity index (χ1v) is 8.66. The summed E-state index contributed by atoms with van der Waals surface area (Å²) < 4.78 is 0. The van der Waals surface area contributed by atoms with Crippen LogP contribution in [0.2, 0.25) is 0 Å². The third kappa shape index (κ3) is 10.7. The molecule has 1 aromatic heterocycles. The van der Waals surface area contributed by atoms with Crippen molar-refractivity contribution >= 4 is 5.97 Å². The van der Waals surface area contributed by atoms with Crippen LogP contribution in [-0.2, 0) is 0 Å². The van der Waals surface area contributed by atoms with Gasteiger partial charge in [-0.1, -0.05) is 40.0 Å². The molecule has 1 aromatic rings. The molecule has 0 unspecified atom stereocenters. The van der Waals surface area contributed by atoms with Gasteiger partial charge in [0.15, 0.2) is 5.69 Å². The number of aromatic nitrogens is 1. The van der Waals surface area contributed by atoms with E-state index in [2.05, 4.69) is 30.7 Å². The highest BCUT2D eigenvalue weighted by molar-refractivity contribution is 5.88. The summed E-state index contributed by atoms with van der Waals surface area (Å²) in [6, 6.07) is 2.73. The highest BCUT2D eigenvalue weighted by atomic mass is 16.4. The predicted molar refractivity (Wildman–Crippen MR) is 94.0 cm³/mol. The number of aromatic carboxylic acids is 1. The van der Waals surface area contributed by atoms with Gasteiger partial charge >= 0.3 is 5.97 Å². The third-order valence-corrected chi connectivity index (χ3v) is 3.47. The largest absolute Gasteiger partial charge is 0.505 e. The SMILES string of the molecule is CCCCN(CCCC)CCCC.O=C(O)c1ncccc1O. The zero-order valence-corrected chi connectivity index (χ0v) is 14.8. The van der Waals surface area contributed by atoms with Crippen LogP contribution in [0.3, 0.4) is 0 Å². The first kappa shape index (κ1) is 21.4. The van der Waals surface area contributed by atoms with Crippen LogP contribution in [0.15, 0.2) is 18.3 Å². The Balaban J connectivity index is 0.000000433. The molecule has 1 heterocycles.